The van der Waals surface area contributed by atoms with E-state index in [1.54, 1.807) is 31.2 Å². The first-order valence-electron chi connectivity index (χ1n) is 9.34. The van der Waals surface area contributed by atoms with Crippen LogP contribution in [0.25, 0.3) is 22.8 Å². The van der Waals surface area contributed by atoms with E-state index < -0.39 is 6.61 Å². The van der Waals surface area contributed by atoms with Gasteiger partial charge in [-0.15, -0.1) is 10.2 Å². The van der Waals surface area contributed by atoms with Crippen LogP contribution >= 0.6 is 11.8 Å². The maximum atomic E-state index is 13.8. The summed E-state index contributed by atoms with van der Waals surface area (Å²) in [5.74, 6) is 6.71. The van der Waals surface area contributed by atoms with E-state index in [1.165, 1.54) is 34.6 Å². The summed E-state index contributed by atoms with van der Waals surface area (Å²) in [5, 5.41) is 12.1. The number of ether oxygens (including phenoxy) is 1. The Bertz CT molecular complexity index is 1230. The zero-order chi connectivity index (χ0) is 22.8. The van der Waals surface area contributed by atoms with Crippen molar-refractivity contribution in [1.29, 1.82) is 0 Å². The fourth-order valence-corrected chi connectivity index (χ4v) is 3.60. The first kappa shape index (κ1) is 21.7. The molecule has 12 heteroatoms. The van der Waals surface area contributed by atoms with Gasteiger partial charge in [0.1, 0.15) is 11.6 Å². The molecule has 0 unspecified atom stereocenters. The quantitative estimate of drug-likeness (QED) is 0.314. The molecule has 4 aromatic rings. The number of nitrogens with zero attached hydrogens (tertiary/aromatic N) is 5. The SMILES string of the molecule is Cc1ccc(-c2noc([C@@H](C)Sc3nnc(-c4ccc(OC(F)F)cc4)n3N)n2)cc1F. The Labute approximate surface area is 184 Å². The Morgan fingerprint density at radius 2 is 1.81 bits per heavy atom. The third-order valence-corrected chi connectivity index (χ3v) is 5.55. The predicted molar refractivity (Wildman–Crippen MR) is 111 cm³/mol. The van der Waals surface area contributed by atoms with E-state index >= 15 is 0 Å². The Morgan fingerprint density at radius 3 is 2.50 bits per heavy atom. The molecule has 4 rings (SSSR count). The molecule has 2 aromatic carbocycles. The number of aryl methyl sites for hydroxylation is 1. The molecule has 0 bridgehead atoms. The zero-order valence-corrected chi connectivity index (χ0v) is 17.7. The highest BCUT2D eigenvalue weighted by atomic mass is 32.2. The van der Waals surface area contributed by atoms with Crippen LogP contribution < -0.4 is 10.6 Å². The second-order valence-corrected chi connectivity index (χ2v) is 8.07. The summed E-state index contributed by atoms with van der Waals surface area (Å²) in [6, 6.07) is 10.6. The highest BCUT2D eigenvalue weighted by molar-refractivity contribution is 7.99. The van der Waals surface area contributed by atoms with Gasteiger partial charge in [0.2, 0.25) is 16.9 Å². The molecule has 2 heterocycles. The Morgan fingerprint density at radius 1 is 1.09 bits per heavy atom. The average molecular weight is 462 g/mol. The van der Waals surface area contributed by atoms with Crippen molar-refractivity contribution in [1.82, 2.24) is 25.0 Å². The van der Waals surface area contributed by atoms with Gasteiger partial charge in [0.05, 0.1) is 5.25 Å². The molecule has 0 saturated carbocycles. The van der Waals surface area contributed by atoms with Gasteiger partial charge in [-0.05, 0) is 49.7 Å². The van der Waals surface area contributed by atoms with E-state index in [0.717, 1.165) is 0 Å². The van der Waals surface area contributed by atoms with E-state index in [9.17, 15) is 13.2 Å². The van der Waals surface area contributed by atoms with E-state index in [1.807, 2.05) is 6.92 Å². The molecule has 2 aromatic heterocycles. The molecule has 8 nitrogen and oxygen atoms in total. The van der Waals surface area contributed by atoms with Gasteiger partial charge in [-0.25, -0.2) is 9.07 Å². The third-order valence-electron chi connectivity index (χ3n) is 4.50. The number of hydrogen-bond acceptors (Lipinski definition) is 8. The fraction of sp³-hybridized carbons (Fsp3) is 0.200. The Kier molecular flexibility index (Phi) is 6.04. The zero-order valence-electron chi connectivity index (χ0n) is 16.9. The fourth-order valence-electron chi connectivity index (χ4n) is 2.80. The molecule has 0 spiro atoms. The van der Waals surface area contributed by atoms with Crippen LogP contribution in [0.4, 0.5) is 13.2 Å². The van der Waals surface area contributed by atoms with Crippen LogP contribution in [0.3, 0.4) is 0 Å². The van der Waals surface area contributed by atoms with Crippen molar-refractivity contribution < 1.29 is 22.4 Å². The maximum absolute atomic E-state index is 13.8. The van der Waals surface area contributed by atoms with Crippen molar-refractivity contribution in [3.05, 3.63) is 59.7 Å². The Hall–Kier alpha value is -3.54. The van der Waals surface area contributed by atoms with E-state index in [2.05, 4.69) is 25.1 Å². The van der Waals surface area contributed by atoms with Gasteiger partial charge in [0.25, 0.3) is 0 Å². The molecule has 1 atom stereocenters. The standard InChI is InChI=1S/C20H17F3N6O2S/c1-10-3-4-13(9-15(10)21)16-25-18(31-28-16)11(2)32-20-27-26-17(29(20)24)12-5-7-14(8-6-12)30-19(22)23/h3-9,11,19H,24H2,1-2H3/t11-/m1/s1. The van der Waals surface area contributed by atoms with Crippen molar-refractivity contribution in [2.45, 2.75) is 30.9 Å². The smallest absolute Gasteiger partial charge is 0.387 e. The van der Waals surface area contributed by atoms with Crippen molar-refractivity contribution in [3.8, 4) is 28.5 Å². The first-order chi connectivity index (χ1) is 15.3. The number of halogens is 3. The summed E-state index contributed by atoms with van der Waals surface area (Å²) < 4.78 is 49.3. The molecule has 0 fully saturated rings. The topological polar surface area (TPSA) is 105 Å². The number of thioether (sulfide) groups is 1. The van der Waals surface area contributed by atoms with Crippen LogP contribution in [-0.2, 0) is 0 Å². The molecule has 0 aliphatic rings. The number of benzene rings is 2. The summed E-state index contributed by atoms with van der Waals surface area (Å²) >= 11 is 1.23. The maximum Gasteiger partial charge on any atom is 0.387 e. The first-order valence-corrected chi connectivity index (χ1v) is 10.2. The van der Waals surface area contributed by atoms with Gasteiger partial charge in [0, 0.05) is 11.1 Å². The van der Waals surface area contributed by atoms with Crippen LogP contribution in [-0.4, -0.2) is 31.6 Å². The minimum absolute atomic E-state index is 0.0238. The Balaban J connectivity index is 1.49. The minimum atomic E-state index is -2.90. The van der Waals surface area contributed by atoms with Crippen molar-refractivity contribution in [2.24, 2.45) is 0 Å². The number of rotatable bonds is 7. The van der Waals surface area contributed by atoms with E-state index in [4.69, 9.17) is 10.4 Å². The summed E-state index contributed by atoms with van der Waals surface area (Å²) in [5.41, 5.74) is 1.60. The summed E-state index contributed by atoms with van der Waals surface area (Å²) in [7, 11) is 0. The van der Waals surface area contributed by atoms with Gasteiger partial charge in [-0.3, -0.25) is 0 Å². The van der Waals surface area contributed by atoms with Crippen molar-refractivity contribution in [2.75, 3.05) is 5.84 Å². The van der Waals surface area contributed by atoms with Gasteiger partial charge in [0.15, 0.2) is 5.82 Å². The predicted octanol–water partition coefficient (Wildman–Crippen LogP) is 4.61. The second kappa shape index (κ2) is 8.91. The van der Waals surface area contributed by atoms with Crippen molar-refractivity contribution >= 4 is 11.8 Å². The molecule has 0 saturated heterocycles. The van der Waals surface area contributed by atoms with Gasteiger partial charge < -0.3 is 15.1 Å². The molecule has 0 aliphatic carbocycles. The van der Waals surface area contributed by atoms with Crippen LogP contribution in [0.1, 0.15) is 23.6 Å². The lowest BCUT2D eigenvalue weighted by atomic mass is 10.1. The average Bonchev–Trinajstić information content (AvgIpc) is 3.38. The van der Waals surface area contributed by atoms with E-state index in [-0.39, 0.29) is 22.6 Å². The number of nitrogen functional groups attached to an aromatic ring is 1. The normalized spacial score (nSPS) is 12.3. The number of nitrogens with two attached hydrogens (primary N) is 1. The molecular weight excluding hydrogens is 445 g/mol. The monoisotopic (exact) mass is 462 g/mol. The van der Waals surface area contributed by atoms with Gasteiger partial charge in [-0.1, -0.05) is 29.1 Å². The molecule has 32 heavy (non-hydrogen) atoms. The van der Waals surface area contributed by atoms with Gasteiger partial charge >= 0.3 is 6.61 Å². The summed E-state index contributed by atoms with van der Waals surface area (Å²) in [6.45, 7) is 0.587. The lowest BCUT2D eigenvalue weighted by Crippen LogP contribution is -2.12. The molecule has 166 valence electrons. The summed E-state index contributed by atoms with van der Waals surface area (Å²) in [4.78, 5) is 4.34. The third kappa shape index (κ3) is 4.54. The second-order valence-electron chi connectivity index (χ2n) is 6.76. The van der Waals surface area contributed by atoms with Gasteiger partial charge in [-0.2, -0.15) is 13.8 Å². The lowest BCUT2D eigenvalue weighted by Gasteiger charge is -2.07. The summed E-state index contributed by atoms with van der Waals surface area (Å²) in [6.07, 6.45) is 0. The van der Waals surface area contributed by atoms with Crippen LogP contribution in [0.5, 0.6) is 5.75 Å². The highest BCUT2D eigenvalue weighted by Crippen LogP contribution is 2.34. The largest absolute Gasteiger partial charge is 0.435 e. The molecule has 0 amide bonds. The van der Waals surface area contributed by atoms with E-state index in [0.29, 0.717) is 33.6 Å². The number of alkyl halides is 2. The lowest BCUT2D eigenvalue weighted by molar-refractivity contribution is -0.0498. The molecule has 0 radical (unpaired) electrons. The van der Waals surface area contributed by atoms with Crippen molar-refractivity contribution in [3.63, 3.8) is 0 Å². The number of hydrogen-bond donors (Lipinski definition) is 1. The van der Waals surface area contributed by atoms with Crippen LogP contribution in [0.2, 0.25) is 0 Å². The molecule has 0 aliphatic heterocycles. The van der Waals surface area contributed by atoms with Crippen LogP contribution in [0, 0.1) is 12.7 Å². The number of aromatic nitrogens is 5. The minimum Gasteiger partial charge on any atom is -0.435 e. The highest BCUT2D eigenvalue weighted by Gasteiger charge is 2.21. The molecular formula is C20H17F3N6O2S. The molecule has 2 N–H and O–H groups in total. The van der Waals surface area contributed by atoms with Crippen LogP contribution in [0.15, 0.2) is 52.1 Å².